The van der Waals surface area contributed by atoms with Gasteiger partial charge in [0.05, 0.1) is 13.5 Å². The third-order valence-electron chi connectivity index (χ3n) is 3.59. The van der Waals surface area contributed by atoms with Gasteiger partial charge >= 0.3 is 5.97 Å². The van der Waals surface area contributed by atoms with Crippen LogP contribution in [-0.2, 0) is 10.2 Å². The smallest absolute Gasteiger partial charge is 0.304 e. The Morgan fingerprint density at radius 2 is 2.18 bits per heavy atom. The van der Waals surface area contributed by atoms with E-state index in [1.54, 1.807) is 18.2 Å². The molecule has 0 bridgehead atoms. The zero-order chi connectivity index (χ0) is 12.5. The Bertz CT molecular complexity index is 435. The van der Waals surface area contributed by atoms with E-state index in [9.17, 15) is 9.90 Å². The van der Waals surface area contributed by atoms with Crippen molar-refractivity contribution >= 4 is 5.97 Å². The standard InChI is InChI=1S/C13H16O4/c1-17-11-7-9(3-4-10(11)14)13(5-2-6-13)8-12(15)16/h3-4,7,14H,2,5-6,8H2,1H3,(H,15,16). The number of ether oxygens (including phenoxy) is 1. The minimum atomic E-state index is -0.781. The molecule has 1 aromatic rings. The van der Waals surface area contributed by atoms with Crippen LogP contribution in [0.4, 0.5) is 0 Å². The third-order valence-corrected chi connectivity index (χ3v) is 3.59. The summed E-state index contributed by atoms with van der Waals surface area (Å²) in [6.07, 6.45) is 2.96. The van der Waals surface area contributed by atoms with E-state index in [0.717, 1.165) is 24.8 Å². The number of carbonyl (C=O) groups is 1. The number of benzene rings is 1. The lowest BCUT2D eigenvalue weighted by molar-refractivity contribution is -0.139. The van der Waals surface area contributed by atoms with Crippen LogP contribution in [0.1, 0.15) is 31.2 Å². The topological polar surface area (TPSA) is 66.8 Å². The predicted molar refractivity (Wildman–Crippen MR) is 62.4 cm³/mol. The van der Waals surface area contributed by atoms with Crippen molar-refractivity contribution in [3.05, 3.63) is 23.8 Å². The highest BCUT2D eigenvalue weighted by atomic mass is 16.5. The summed E-state index contributed by atoms with van der Waals surface area (Å²) in [7, 11) is 1.49. The van der Waals surface area contributed by atoms with Crippen molar-refractivity contribution < 1.29 is 19.7 Å². The van der Waals surface area contributed by atoms with Gasteiger partial charge in [-0.3, -0.25) is 4.79 Å². The average molecular weight is 236 g/mol. The highest BCUT2D eigenvalue weighted by molar-refractivity contribution is 5.69. The van der Waals surface area contributed by atoms with Crippen molar-refractivity contribution in [2.75, 3.05) is 7.11 Å². The van der Waals surface area contributed by atoms with Gasteiger partial charge in [-0.15, -0.1) is 0 Å². The Morgan fingerprint density at radius 3 is 2.65 bits per heavy atom. The first-order chi connectivity index (χ1) is 8.07. The lowest BCUT2D eigenvalue weighted by Crippen LogP contribution is -2.36. The maximum Gasteiger partial charge on any atom is 0.304 e. The highest BCUT2D eigenvalue weighted by Gasteiger charge is 2.40. The Balaban J connectivity index is 2.34. The lowest BCUT2D eigenvalue weighted by Gasteiger charge is -2.41. The number of aromatic hydroxyl groups is 1. The van der Waals surface area contributed by atoms with E-state index < -0.39 is 5.97 Å². The van der Waals surface area contributed by atoms with Crippen molar-refractivity contribution in [1.29, 1.82) is 0 Å². The van der Waals surface area contributed by atoms with Crippen LogP contribution in [0, 0.1) is 0 Å². The van der Waals surface area contributed by atoms with Crippen molar-refractivity contribution in [3.8, 4) is 11.5 Å². The average Bonchev–Trinajstić information content (AvgIpc) is 2.24. The quantitative estimate of drug-likeness (QED) is 0.841. The van der Waals surface area contributed by atoms with Crippen LogP contribution in [-0.4, -0.2) is 23.3 Å². The molecule has 0 radical (unpaired) electrons. The third kappa shape index (κ3) is 2.07. The van der Waals surface area contributed by atoms with Gasteiger partial charge in [0, 0.05) is 5.41 Å². The SMILES string of the molecule is COc1cc(C2(CC(=O)O)CCC2)ccc1O. The Morgan fingerprint density at radius 1 is 1.47 bits per heavy atom. The fraction of sp³-hybridized carbons (Fsp3) is 0.462. The van der Waals surface area contributed by atoms with Gasteiger partial charge in [-0.25, -0.2) is 0 Å². The molecule has 1 aliphatic rings. The Hall–Kier alpha value is -1.71. The van der Waals surface area contributed by atoms with Crippen LogP contribution >= 0.6 is 0 Å². The molecular weight excluding hydrogens is 220 g/mol. The second-order valence-corrected chi connectivity index (χ2v) is 4.59. The fourth-order valence-corrected chi connectivity index (χ4v) is 2.47. The van der Waals surface area contributed by atoms with Gasteiger partial charge in [0.2, 0.25) is 0 Å². The van der Waals surface area contributed by atoms with Gasteiger partial charge in [0.25, 0.3) is 0 Å². The molecule has 0 aromatic heterocycles. The van der Waals surface area contributed by atoms with Gasteiger partial charge in [-0.05, 0) is 30.5 Å². The van der Waals surface area contributed by atoms with Crippen LogP contribution in [0.25, 0.3) is 0 Å². The van der Waals surface area contributed by atoms with Crippen molar-refractivity contribution in [1.82, 2.24) is 0 Å². The molecule has 0 heterocycles. The summed E-state index contributed by atoms with van der Waals surface area (Å²) in [6, 6.07) is 5.10. The van der Waals surface area contributed by atoms with Crippen LogP contribution < -0.4 is 4.74 Å². The zero-order valence-electron chi connectivity index (χ0n) is 9.77. The van der Waals surface area contributed by atoms with Crippen molar-refractivity contribution in [3.63, 3.8) is 0 Å². The number of methoxy groups -OCH3 is 1. The number of carboxylic acids is 1. The number of hydrogen-bond donors (Lipinski definition) is 2. The van der Waals surface area contributed by atoms with E-state index in [0.29, 0.717) is 5.75 Å². The molecule has 1 saturated carbocycles. The number of phenols is 1. The normalized spacial score (nSPS) is 17.2. The first-order valence-electron chi connectivity index (χ1n) is 5.67. The maximum absolute atomic E-state index is 10.9. The molecule has 0 atom stereocenters. The van der Waals surface area contributed by atoms with Crippen LogP contribution in [0.3, 0.4) is 0 Å². The second-order valence-electron chi connectivity index (χ2n) is 4.59. The minimum absolute atomic E-state index is 0.0843. The maximum atomic E-state index is 10.9. The Labute approximate surface area is 99.8 Å². The summed E-state index contributed by atoms with van der Waals surface area (Å²) in [5.41, 5.74) is 0.674. The molecule has 92 valence electrons. The van der Waals surface area contributed by atoms with Gasteiger partial charge < -0.3 is 14.9 Å². The molecule has 4 nitrogen and oxygen atoms in total. The van der Waals surface area contributed by atoms with E-state index in [4.69, 9.17) is 9.84 Å². The second kappa shape index (κ2) is 4.28. The molecule has 17 heavy (non-hydrogen) atoms. The van der Waals surface area contributed by atoms with Crippen molar-refractivity contribution in [2.45, 2.75) is 31.1 Å². The van der Waals surface area contributed by atoms with E-state index >= 15 is 0 Å². The largest absolute Gasteiger partial charge is 0.504 e. The predicted octanol–water partition coefficient (Wildman–Crippen LogP) is 2.30. The first-order valence-corrected chi connectivity index (χ1v) is 5.67. The summed E-state index contributed by atoms with van der Waals surface area (Å²) in [5, 5.41) is 18.5. The number of rotatable bonds is 4. The van der Waals surface area contributed by atoms with Gasteiger partial charge in [0.1, 0.15) is 0 Å². The minimum Gasteiger partial charge on any atom is -0.504 e. The van der Waals surface area contributed by atoms with Crippen LogP contribution in [0.15, 0.2) is 18.2 Å². The molecule has 2 N–H and O–H groups in total. The van der Waals surface area contributed by atoms with E-state index in [2.05, 4.69) is 0 Å². The van der Waals surface area contributed by atoms with E-state index in [-0.39, 0.29) is 17.6 Å². The summed E-state index contributed by atoms with van der Waals surface area (Å²) in [5.74, 6) is -0.294. The number of carboxylic acid groups (broad SMARTS) is 1. The summed E-state index contributed by atoms with van der Waals surface area (Å²) >= 11 is 0. The van der Waals surface area contributed by atoms with E-state index in [1.807, 2.05) is 0 Å². The molecule has 0 saturated heterocycles. The van der Waals surface area contributed by atoms with Gasteiger partial charge in [0.15, 0.2) is 11.5 Å². The lowest BCUT2D eigenvalue weighted by atomic mass is 9.62. The van der Waals surface area contributed by atoms with Crippen LogP contribution in [0.2, 0.25) is 0 Å². The molecule has 0 amide bonds. The molecule has 4 heteroatoms. The molecule has 2 rings (SSSR count). The van der Waals surface area contributed by atoms with E-state index in [1.165, 1.54) is 7.11 Å². The van der Waals surface area contributed by atoms with Gasteiger partial charge in [-0.2, -0.15) is 0 Å². The monoisotopic (exact) mass is 236 g/mol. The summed E-state index contributed by atoms with van der Waals surface area (Å²) < 4.78 is 5.06. The molecule has 0 unspecified atom stereocenters. The number of hydrogen-bond acceptors (Lipinski definition) is 3. The molecule has 1 aliphatic carbocycles. The molecule has 1 aromatic carbocycles. The van der Waals surface area contributed by atoms with Gasteiger partial charge in [-0.1, -0.05) is 12.5 Å². The Kier molecular flexibility index (Phi) is 2.96. The van der Waals surface area contributed by atoms with Crippen LogP contribution in [0.5, 0.6) is 11.5 Å². The fourth-order valence-electron chi connectivity index (χ4n) is 2.47. The molecule has 0 aliphatic heterocycles. The highest BCUT2D eigenvalue weighted by Crippen LogP contribution is 2.48. The molecular formula is C13H16O4. The number of aliphatic carboxylic acids is 1. The zero-order valence-corrected chi connectivity index (χ0v) is 9.77. The first kappa shape index (κ1) is 11.8. The molecule has 1 fully saturated rings. The number of phenolic OH excluding ortho intramolecular Hbond substituents is 1. The summed E-state index contributed by atoms with van der Waals surface area (Å²) in [6.45, 7) is 0. The van der Waals surface area contributed by atoms with Crippen molar-refractivity contribution in [2.24, 2.45) is 0 Å². The molecule has 0 spiro atoms. The summed E-state index contributed by atoms with van der Waals surface area (Å²) in [4.78, 5) is 10.9.